The predicted molar refractivity (Wildman–Crippen MR) is 114 cm³/mol. The van der Waals surface area contributed by atoms with E-state index in [4.69, 9.17) is 23.2 Å². The van der Waals surface area contributed by atoms with Gasteiger partial charge in [-0.3, -0.25) is 14.5 Å². The molecule has 2 N–H and O–H groups in total. The Labute approximate surface area is 175 Å². The van der Waals surface area contributed by atoms with Gasteiger partial charge in [0.15, 0.2) is 0 Å². The number of carbonyl (C=O) groups excluding carboxylic acids is 2. The van der Waals surface area contributed by atoms with Crippen molar-refractivity contribution in [2.45, 2.75) is 19.8 Å². The maximum Gasteiger partial charge on any atom is 0.238 e. The van der Waals surface area contributed by atoms with E-state index in [1.807, 2.05) is 31.2 Å². The van der Waals surface area contributed by atoms with E-state index in [9.17, 15) is 9.59 Å². The Hall–Kier alpha value is -2.08. The Balaban J connectivity index is 1.44. The molecule has 148 valence electrons. The quantitative estimate of drug-likeness (QED) is 0.744. The summed E-state index contributed by atoms with van der Waals surface area (Å²) in [6.07, 6.45) is 1.43. The van der Waals surface area contributed by atoms with E-state index in [0.717, 1.165) is 11.3 Å². The summed E-state index contributed by atoms with van der Waals surface area (Å²) in [5, 5.41) is 6.67. The van der Waals surface area contributed by atoms with Gasteiger partial charge in [-0.25, -0.2) is 0 Å². The van der Waals surface area contributed by atoms with Crippen molar-refractivity contribution < 1.29 is 9.59 Å². The third kappa shape index (κ3) is 5.71. The van der Waals surface area contributed by atoms with E-state index in [-0.39, 0.29) is 17.7 Å². The summed E-state index contributed by atoms with van der Waals surface area (Å²) in [6, 6.07) is 12.8. The molecular formula is C21H23Cl2N3O2. The van der Waals surface area contributed by atoms with Crippen LogP contribution < -0.4 is 10.6 Å². The fourth-order valence-corrected chi connectivity index (χ4v) is 3.51. The Morgan fingerprint density at radius 2 is 1.61 bits per heavy atom. The maximum atomic E-state index is 12.5. The molecule has 1 fully saturated rings. The van der Waals surface area contributed by atoms with Gasteiger partial charge in [0.1, 0.15) is 0 Å². The van der Waals surface area contributed by atoms with Gasteiger partial charge in [-0.1, -0.05) is 40.9 Å². The molecule has 0 unspecified atom stereocenters. The Kier molecular flexibility index (Phi) is 6.94. The Morgan fingerprint density at radius 1 is 0.964 bits per heavy atom. The number of anilines is 2. The molecular weight excluding hydrogens is 397 g/mol. The van der Waals surface area contributed by atoms with Gasteiger partial charge in [-0.15, -0.1) is 0 Å². The molecule has 0 radical (unpaired) electrons. The van der Waals surface area contributed by atoms with Crippen LogP contribution in [0.1, 0.15) is 18.4 Å². The van der Waals surface area contributed by atoms with Gasteiger partial charge in [0.05, 0.1) is 16.6 Å². The van der Waals surface area contributed by atoms with Crippen LogP contribution in [0.5, 0.6) is 0 Å². The Bertz CT molecular complexity index is 847. The third-order valence-corrected chi connectivity index (χ3v) is 5.59. The average molecular weight is 420 g/mol. The van der Waals surface area contributed by atoms with Crippen molar-refractivity contribution in [3.05, 3.63) is 58.1 Å². The zero-order valence-corrected chi connectivity index (χ0v) is 17.2. The molecule has 1 aliphatic rings. The largest absolute Gasteiger partial charge is 0.326 e. The summed E-state index contributed by atoms with van der Waals surface area (Å²) >= 11 is 11.9. The summed E-state index contributed by atoms with van der Waals surface area (Å²) in [4.78, 5) is 26.8. The van der Waals surface area contributed by atoms with Crippen molar-refractivity contribution in [3.8, 4) is 0 Å². The first kappa shape index (κ1) is 20.6. The number of hydrogen-bond donors (Lipinski definition) is 2. The van der Waals surface area contributed by atoms with E-state index in [0.29, 0.717) is 48.2 Å². The summed E-state index contributed by atoms with van der Waals surface area (Å²) in [7, 11) is 0. The minimum atomic E-state index is -0.0779. The van der Waals surface area contributed by atoms with Crippen LogP contribution in [0.25, 0.3) is 0 Å². The molecule has 7 heteroatoms. The van der Waals surface area contributed by atoms with Crippen molar-refractivity contribution in [1.82, 2.24) is 4.90 Å². The zero-order chi connectivity index (χ0) is 20.1. The second-order valence-corrected chi connectivity index (χ2v) is 7.90. The maximum absolute atomic E-state index is 12.5. The van der Waals surface area contributed by atoms with E-state index < -0.39 is 0 Å². The molecule has 3 rings (SSSR count). The van der Waals surface area contributed by atoms with Crippen LogP contribution >= 0.6 is 23.2 Å². The lowest BCUT2D eigenvalue weighted by molar-refractivity contribution is -0.121. The van der Waals surface area contributed by atoms with Gasteiger partial charge in [0.2, 0.25) is 11.8 Å². The molecule has 0 bridgehead atoms. The van der Waals surface area contributed by atoms with Crippen molar-refractivity contribution in [2.24, 2.45) is 5.92 Å². The van der Waals surface area contributed by atoms with Crippen molar-refractivity contribution in [1.29, 1.82) is 0 Å². The highest BCUT2D eigenvalue weighted by atomic mass is 35.5. The lowest BCUT2D eigenvalue weighted by atomic mass is 9.96. The summed E-state index contributed by atoms with van der Waals surface area (Å²) < 4.78 is 0. The topological polar surface area (TPSA) is 61.4 Å². The summed E-state index contributed by atoms with van der Waals surface area (Å²) in [5.74, 6) is -0.143. The molecule has 2 aromatic rings. The van der Waals surface area contributed by atoms with Crippen LogP contribution in [-0.2, 0) is 9.59 Å². The molecule has 0 aliphatic carbocycles. The molecule has 0 atom stereocenters. The first-order valence-corrected chi connectivity index (χ1v) is 10.0. The van der Waals surface area contributed by atoms with E-state index in [1.54, 1.807) is 18.2 Å². The normalized spacial score (nSPS) is 15.2. The van der Waals surface area contributed by atoms with Gasteiger partial charge in [-0.2, -0.15) is 0 Å². The summed E-state index contributed by atoms with van der Waals surface area (Å²) in [5.41, 5.74) is 2.59. The second-order valence-electron chi connectivity index (χ2n) is 7.08. The number of benzene rings is 2. The minimum absolute atomic E-state index is 0.0258. The highest BCUT2D eigenvalue weighted by Crippen LogP contribution is 2.26. The number of nitrogens with one attached hydrogen (secondary N) is 2. The summed E-state index contributed by atoms with van der Waals surface area (Å²) in [6.45, 7) is 3.75. The smallest absolute Gasteiger partial charge is 0.238 e. The number of nitrogens with zero attached hydrogens (tertiary/aromatic N) is 1. The molecule has 5 nitrogen and oxygen atoms in total. The number of amides is 2. The third-order valence-electron chi connectivity index (χ3n) is 4.85. The van der Waals surface area contributed by atoms with Crippen LogP contribution in [-0.4, -0.2) is 36.3 Å². The first-order valence-electron chi connectivity index (χ1n) is 9.25. The van der Waals surface area contributed by atoms with Gasteiger partial charge in [-0.05, 0) is 63.2 Å². The molecule has 1 saturated heterocycles. The van der Waals surface area contributed by atoms with Crippen LogP contribution in [0.4, 0.5) is 11.4 Å². The molecule has 0 spiro atoms. The first-order chi connectivity index (χ1) is 13.4. The molecule has 1 heterocycles. The van der Waals surface area contributed by atoms with E-state index >= 15 is 0 Å². The van der Waals surface area contributed by atoms with E-state index in [2.05, 4.69) is 15.5 Å². The fourth-order valence-electron chi connectivity index (χ4n) is 3.21. The van der Waals surface area contributed by atoms with Crippen molar-refractivity contribution in [3.63, 3.8) is 0 Å². The number of likely N-dealkylation sites (tertiary alicyclic amines) is 1. The number of carbonyl (C=O) groups is 2. The van der Waals surface area contributed by atoms with Gasteiger partial charge < -0.3 is 10.6 Å². The lowest BCUT2D eigenvalue weighted by Gasteiger charge is -2.30. The molecule has 2 amide bonds. The second kappa shape index (κ2) is 9.41. The zero-order valence-electron chi connectivity index (χ0n) is 15.7. The van der Waals surface area contributed by atoms with Crippen LogP contribution in [0, 0.1) is 12.8 Å². The van der Waals surface area contributed by atoms with Crippen LogP contribution in [0.2, 0.25) is 10.0 Å². The number of aryl methyl sites for hydroxylation is 1. The highest BCUT2D eigenvalue weighted by molar-refractivity contribution is 6.42. The minimum Gasteiger partial charge on any atom is -0.326 e. The van der Waals surface area contributed by atoms with Gasteiger partial charge >= 0.3 is 0 Å². The van der Waals surface area contributed by atoms with Crippen LogP contribution in [0.3, 0.4) is 0 Å². The van der Waals surface area contributed by atoms with Crippen LogP contribution in [0.15, 0.2) is 42.5 Å². The predicted octanol–water partition coefficient (Wildman–Crippen LogP) is 4.59. The SMILES string of the molecule is Cc1ccc(NC(=O)CN2CCC(C(=O)Nc3ccc(Cl)c(Cl)c3)CC2)cc1. The number of rotatable bonds is 5. The van der Waals surface area contributed by atoms with Gasteiger partial charge in [0.25, 0.3) is 0 Å². The highest BCUT2D eigenvalue weighted by Gasteiger charge is 2.26. The number of hydrogen-bond acceptors (Lipinski definition) is 3. The van der Waals surface area contributed by atoms with Crippen molar-refractivity contribution >= 4 is 46.4 Å². The van der Waals surface area contributed by atoms with E-state index in [1.165, 1.54) is 0 Å². The lowest BCUT2D eigenvalue weighted by Crippen LogP contribution is -2.41. The number of halogens is 2. The molecule has 28 heavy (non-hydrogen) atoms. The molecule has 0 aromatic heterocycles. The molecule has 0 saturated carbocycles. The Morgan fingerprint density at radius 3 is 2.25 bits per heavy atom. The van der Waals surface area contributed by atoms with Crippen molar-refractivity contribution in [2.75, 3.05) is 30.3 Å². The molecule has 2 aromatic carbocycles. The van der Waals surface area contributed by atoms with Gasteiger partial charge in [0, 0.05) is 17.3 Å². The average Bonchev–Trinajstić information content (AvgIpc) is 2.67. The molecule has 1 aliphatic heterocycles. The number of piperidine rings is 1. The fraction of sp³-hybridized carbons (Fsp3) is 0.333. The standard InChI is InChI=1S/C21H23Cl2N3O2/c1-14-2-4-16(5-3-14)24-20(27)13-26-10-8-15(9-11-26)21(28)25-17-6-7-18(22)19(23)12-17/h2-7,12,15H,8-11,13H2,1H3,(H,24,27)(H,25,28). The monoisotopic (exact) mass is 419 g/mol.